The fraction of sp³-hybridized carbons (Fsp3) is 0.545. The van der Waals surface area contributed by atoms with E-state index in [0.717, 1.165) is 35.6 Å². The van der Waals surface area contributed by atoms with Gasteiger partial charge in [0.1, 0.15) is 5.01 Å². The maximum absolute atomic E-state index is 12.7. The molecule has 2 aromatic rings. The van der Waals surface area contributed by atoms with Crippen molar-refractivity contribution in [1.29, 1.82) is 0 Å². The molecule has 29 heavy (non-hydrogen) atoms. The molecule has 0 unspecified atom stereocenters. The molecular formula is C22H28N4O2S. The van der Waals surface area contributed by atoms with Gasteiger partial charge in [-0.2, -0.15) is 0 Å². The number of likely N-dealkylation sites (tertiary alicyclic amines) is 1. The van der Waals surface area contributed by atoms with Crippen LogP contribution in [0.4, 0.5) is 5.69 Å². The number of aromatic nitrogens is 2. The van der Waals surface area contributed by atoms with Gasteiger partial charge in [-0.25, -0.2) is 0 Å². The Kier molecular flexibility index (Phi) is 6.23. The molecule has 0 radical (unpaired) electrons. The van der Waals surface area contributed by atoms with Crippen molar-refractivity contribution in [2.24, 2.45) is 5.92 Å². The zero-order valence-corrected chi connectivity index (χ0v) is 17.7. The van der Waals surface area contributed by atoms with Crippen molar-refractivity contribution in [2.75, 3.05) is 18.4 Å². The molecule has 1 saturated heterocycles. The number of nitrogens with one attached hydrogen (secondary N) is 1. The summed E-state index contributed by atoms with van der Waals surface area (Å²) < 4.78 is 0. The Bertz CT molecular complexity index is 858. The summed E-state index contributed by atoms with van der Waals surface area (Å²) in [6.45, 7) is 3.54. The molecule has 154 valence electrons. The molecule has 7 heteroatoms. The molecule has 0 bridgehead atoms. The van der Waals surface area contributed by atoms with Crippen LogP contribution in [0.5, 0.6) is 0 Å². The van der Waals surface area contributed by atoms with Crippen LogP contribution in [-0.2, 0) is 4.79 Å². The number of hydrogen-bond donors (Lipinski definition) is 1. The van der Waals surface area contributed by atoms with Crippen molar-refractivity contribution in [1.82, 2.24) is 15.1 Å². The standard InChI is InChI=1S/C22H28N4O2S/c1-15-8-10-18(11-9-15)23-20(28)22-25-24-21(29-22)17-7-4-12-26(14-17)19(27)13-16-5-2-3-6-16/h8-11,16-17H,2-7,12-14H2,1H3,(H,23,28)/t17-/m1/s1. The second kappa shape index (κ2) is 9.03. The number of piperidine rings is 1. The largest absolute Gasteiger partial charge is 0.342 e. The Morgan fingerprint density at radius 1 is 1.10 bits per heavy atom. The number of carbonyl (C=O) groups is 2. The average molecular weight is 413 g/mol. The van der Waals surface area contributed by atoms with E-state index in [2.05, 4.69) is 15.5 Å². The fourth-order valence-electron chi connectivity index (χ4n) is 4.31. The van der Waals surface area contributed by atoms with E-state index < -0.39 is 0 Å². The molecule has 2 aliphatic rings. The number of rotatable bonds is 5. The van der Waals surface area contributed by atoms with Crippen LogP contribution >= 0.6 is 11.3 Å². The van der Waals surface area contributed by atoms with Crippen LogP contribution < -0.4 is 5.32 Å². The maximum Gasteiger partial charge on any atom is 0.286 e. The van der Waals surface area contributed by atoms with E-state index >= 15 is 0 Å². The maximum atomic E-state index is 12.7. The Morgan fingerprint density at radius 2 is 1.86 bits per heavy atom. The minimum atomic E-state index is -0.234. The Hall–Kier alpha value is -2.28. The van der Waals surface area contributed by atoms with Gasteiger partial charge in [0, 0.05) is 31.1 Å². The third kappa shape index (κ3) is 5.01. The summed E-state index contributed by atoms with van der Waals surface area (Å²) in [5.41, 5.74) is 1.89. The average Bonchev–Trinajstić information content (AvgIpc) is 3.42. The number of carbonyl (C=O) groups excluding carboxylic acids is 2. The van der Waals surface area contributed by atoms with Crippen LogP contribution in [-0.4, -0.2) is 40.0 Å². The predicted molar refractivity (Wildman–Crippen MR) is 114 cm³/mol. The summed E-state index contributed by atoms with van der Waals surface area (Å²) >= 11 is 1.34. The second-order valence-electron chi connectivity index (χ2n) is 8.30. The van der Waals surface area contributed by atoms with E-state index in [4.69, 9.17) is 0 Å². The van der Waals surface area contributed by atoms with Gasteiger partial charge in [0.15, 0.2) is 0 Å². The molecule has 6 nitrogen and oxygen atoms in total. The monoisotopic (exact) mass is 412 g/mol. The van der Waals surface area contributed by atoms with Crippen molar-refractivity contribution in [3.8, 4) is 0 Å². The minimum Gasteiger partial charge on any atom is -0.342 e. The van der Waals surface area contributed by atoms with E-state index in [1.807, 2.05) is 36.1 Å². The number of nitrogens with zero attached hydrogens (tertiary/aromatic N) is 3. The highest BCUT2D eigenvalue weighted by Crippen LogP contribution is 2.32. The van der Waals surface area contributed by atoms with Gasteiger partial charge >= 0.3 is 0 Å². The lowest BCUT2D eigenvalue weighted by atomic mass is 9.97. The van der Waals surface area contributed by atoms with E-state index in [1.54, 1.807) is 0 Å². The first-order valence-electron chi connectivity index (χ1n) is 10.6. The van der Waals surface area contributed by atoms with Gasteiger partial charge in [-0.05, 0) is 50.7 Å². The number of hydrogen-bond acceptors (Lipinski definition) is 5. The first kappa shape index (κ1) is 20.0. The zero-order chi connectivity index (χ0) is 20.2. The molecule has 4 rings (SSSR count). The highest BCUT2D eigenvalue weighted by atomic mass is 32.1. The highest BCUT2D eigenvalue weighted by Gasteiger charge is 2.29. The Balaban J connectivity index is 1.36. The predicted octanol–water partition coefficient (Wildman–Crippen LogP) is 4.39. The Morgan fingerprint density at radius 3 is 2.62 bits per heavy atom. The molecule has 2 heterocycles. The quantitative estimate of drug-likeness (QED) is 0.790. The molecule has 1 saturated carbocycles. The lowest BCUT2D eigenvalue weighted by molar-refractivity contribution is -0.133. The van der Waals surface area contributed by atoms with Crippen LogP contribution in [0.3, 0.4) is 0 Å². The molecule has 1 atom stereocenters. The molecule has 2 fully saturated rings. The summed E-state index contributed by atoms with van der Waals surface area (Å²) in [6.07, 6.45) is 7.56. The molecule has 1 N–H and O–H groups in total. The number of aryl methyl sites for hydroxylation is 1. The van der Waals surface area contributed by atoms with Gasteiger partial charge in [0.05, 0.1) is 0 Å². The van der Waals surface area contributed by atoms with Gasteiger partial charge in [-0.3, -0.25) is 9.59 Å². The number of amides is 2. The lowest BCUT2D eigenvalue weighted by Crippen LogP contribution is -2.39. The number of anilines is 1. The normalized spacial score (nSPS) is 20.0. The molecular weight excluding hydrogens is 384 g/mol. The van der Waals surface area contributed by atoms with Gasteiger partial charge in [-0.1, -0.05) is 41.9 Å². The third-order valence-corrected chi connectivity index (χ3v) is 7.09. The summed E-state index contributed by atoms with van der Waals surface area (Å²) in [6, 6.07) is 7.68. The third-order valence-electron chi connectivity index (χ3n) is 6.01. The summed E-state index contributed by atoms with van der Waals surface area (Å²) in [7, 11) is 0. The highest BCUT2D eigenvalue weighted by molar-refractivity contribution is 7.13. The number of benzene rings is 1. The Labute approximate surface area is 175 Å². The van der Waals surface area contributed by atoms with Crippen molar-refractivity contribution >= 4 is 28.8 Å². The van der Waals surface area contributed by atoms with Gasteiger partial charge < -0.3 is 10.2 Å². The molecule has 2 amide bonds. The van der Waals surface area contributed by atoms with Crippen molar-refractivity contribution in [2.45, 2.75) is 57.8 Å². The summed E-state index contributed by atoms with van der Waals surface area (Å²) in [4.78, 5) is 27.2. The van der Waals surface area contributed by atoms with Crippen molar-refractivity contribution in [3.63, 3.8) is 0 Å². The van der Waals surface area contributed by atoms with Crippen molar-refractivity contribution < 1.29 is 9.59 Å². The van der Waals surface area contributed by atoms with Gasteiger partial charge in [0.2, 0.25) is 10.9 Å². The first-order valence-corrected chi connectivity index (χ1v) is 11.4. The topological polar surface area (TPSA) is 75.2 Å². The van der Waals surface area contributed by atoms with Gasteiger partial charge in [-0.15, -0.1) is 10.2 Å². The smallest absolute Gasteiger partial charge is 0.286 e. The van der Waals surface area contributed by atoms with Crippen molar-refractivity contribution in [3.05, 3.63) is 39.8 Å². The van der Waals surface area contributed by atoms with Crippen LogP contribution in [0.1, 0.15) is 71.2 Å². The lowest BCUT2D eigenvalue weighted by Gasteiger charge is -2.32. The van der Waals surface area contributed by atoms with E-state index in [-0.39, 0.29) is 17.7 Å². The van der Waals surface area contributed by atoms with Crippen LogP contribution in [0.25, 0.3) is 0 Å². The van der Waals surface area contributed by atoms with Crippen LogP contribution in [0.2, 0.25) is 0 Å². The SMILES string of the molecule is Cc1ccc(NC(=O)c2nnc([C@@H]3CCCN(C(=O)CC4CCCC4)C3)s2)cc1. The van der Waals surface area contributed by atoms with Gasteiger partial charge in [0.25, 0.3) is 5.91 Å². The first-order chi connectivity index (χ1) is 14.1. The minimum absolute atomic E-state index is 0.176. The summed E-state index contributed by atoms with van der Waals surface area (Å²) in [5, 5.41) is 12.5. The summed E-state index contributed by atoms with van der Waals surface area (Å²) in [5.74, 6) is 0.794. The van der Waals surface area contributed by atoms with E-state index in [9.17, 15) is 9.59 Å². The van der Waals surface area contributed by atoms with E-state index in [0.29, 0.717) is 23.9 Å². The zero-order valence-electron chi connectivity index (χ0n) is 16.9. The molecule has 1 aliphatic carbocycles. The fourth-order valence-corrected chi connectivity index (χ4v) is 5.17. The molecule has 1 aromatic carbocycles. The van der Waals surface area contributed by atoms with E-state index in [1.165, 1.54) is 37.0 Å². The molecule has 1 aliphatic heterocycles. The molecule has 0 spiro atoms. The molecule has 1 aromatic heterocycles. The second-order valence-corrected chi connectivity index (χ2v) is 9.31. The van der Waals surface area contributed by atoms with Crippen LogP contribution in [0, 0.1) is 12.8 Å². The van der Waals surface area contributed by atoms with Crippen LogP contribution in [0.15, 0.2) is 24.3 Å².